The fourth-order valence-corrected chi connectivity index (χ4v) is 2.18. The molecule has 1 aromatic rings. The smallest absolute Gasteiger partial charge is 0.435 e. The van der Waals surface area contributed by atoms with E-state index in [2.05, 4.69) is 5.10 Å². The summed E-state index contributed by atoms with van der Waals surface area (Å²) < 4.78 is 11.8. The molecule has 0 fully saturated rings. The molecule has 0 unspecified atom stereocenters. The highest BCUT2D eigenvalue weighted by Gasteiger charge is 2.35. The third-order valence-electron chi connectivity index (χ3n) is 3.03. The zero-order valence-corrected chi connectivity index (χ0v) is 14.5. The quantitative estimate of drug-likeness (QED) is 0.787. The Kier molecular flexibility index (Phi) is 4.04. The van der Waals surface area contributed by atoms with Gasteiger partial charge >= 0.3 is 12.2 Å². The number of nitrogen functional groups attached to an aromatic ring is 1. The number of ether oxygens (including phenoxy) is 2. The van der Waals surface area contributed by atoms with E-state index in [0.29, 0.717) is 11.3 Å². The van der Waals surface area contributed by atoms with Crippen molar-refractivity contribution in [3.63, 3.8) is 0 Å². The molecule has 1 aliphatic heterocycles. The molecule has 128 valence electrons. The van der Waals surface area contributed by atoms with Crippen LogP contribution in [0.3, 0.4) is 0 Å². The van der Waals surface area contributed by atoms with Gasteiger partial charge in [-0.2, -0.15) is 4.68 Å². The monoisotopic (exact) mass is 324 g/mol. The van der Waals surface area contributed by atoms with Crippen LogP contribution in [0.1, 0.15) is 52.8 Å². The second-order valence-electron chi connectivity index (χ2n) is 7.54. The van der Waals surface area contributed by atoms with Crippen LogP contribution in [0.2, 0.25) is 0 Å². The van der Waals surface area contributed by atoms with E-state index < -0.39 is 23.4 Å². The number of carbonyl (C=O) groups excluding carboxylic acids is 2. The third kappa shape index (κ3) is 3.94. The molecule has 1 aromatic heterocycles. The summed E-state index contributed by atoms with van der Waals surface area (Å²) in [5.41, 5.74) is 5.84. The first-order chi connectivity index (χ1) is 10.4. The summed E-state index contributed by atoms with van der Waals surface area (Å²) >= 11 is 0. The van der Waals surface area contributed by atoms with E-state index in [4.69, 9.17) is 15.2 Å². The van der Waals surface area contributed by atoms with Gasteiger partial charge in [-0.15, -0.1) is 5.10 Å². The number of amides is 1. The van der Waals surface area contributed by atoms with Gasteiger partial charge in [0.05, 0.1) is 18.8 Å². The number of aromatic nitrogens is 2. The van der Waals surface area contributed by atoms with Gasteiger partial charge in [0.2, 0.25) is 0 Å². The van der Waals surface area contributed by atoms with Crippen LogP contribution < -0.4 is 5.73 Å². The van der Waals surface area contributed by atoms with E-state index in [1.165, 1.54) is 4.90 Å². The van der Waals surface area contributed by atoms with E-state index in [9.17, 15) is 9.59 Å². The molecule has 0 saturated carbocycles. The van der Waals surface area contributed by atoms with Crippen molar-refractivity contribution in [3.8, 4) is 0 Å². The molecule has 23 heavy (non-hydrogen) atoms. The predicted octanol–water partition coefficient (Wildman–Crippen LogP) is 2.50. The minimum absolute atomic E-state index is 0.202. The molecule has 0 radical (unpaired) electrons. The summed E-state index contributed by atoms with van der Waals surface area (Å²) in [5, 5.41) is 4.03. The molecule has 2 rings (SSSR count). The molecular weight excluding hydrogens is 300 g/mol. The molecule has 0 saturated heterocycles. The van der Waals surface area contributed by atoms with Gasteiger partial charge in [0.1, 0.15) is 11.2 Å². The highest BCUT2D eigenvalue weighted by Crippen LogP contribution is 2.29. The lowest BCUT2D eigenvalue weighted by Crippen LogP contribution is -2.34. The average molecular weight is 324 g/mol. The summed E-state index contributed by atoms with van der Waals surface area (Å²) in [6.45, 7) is 11.2. The normalized spacial score (nSPS) is 14.6. The van der Waals surface area contributed by atoms with Crippen molar-refractivity contribution in [2.45, 2.75) is 65.8 Å². The Balaban J connectivity index is 2.19. The van der Waals surface area contributed by atoms with Crippen molar-refractivity contribution in [1.29, 1.82) is 0 Å². The molecule has 0 spiro atoms. The van der Waals surface area contributed by atoms with Crippen molar-refractivity contribution in [2.24, 2.45) is 0 Å². The first kappa shape index (κ1) is 17.1. The summed E-state index contributed by atoms with van der Waals surface area (Å²) in [6.07, 6.45) is -1.07. The van der Waals surface area contributed by atoms with Crippen LogP contribution in [-0.4, -0.2) is 38.1 Å². The van der Waals surface area contributed by atoms with Gasteiger partial charge in [0, 0.05) is 5.56 Å². The highest BCUT2D eigenvalue weighted by atomic mass is 16.6. The van der Waals surface area contributed by atoms with Crippen LogP contribution in [-0.2, 0) is 22.6 Å². The molecule has 0 aliphatic carbocycles. The van der Waals surface area contributed by atoms with Crippen molar-refractivity contribution in [3.05, 3.63) is 11.3 Å². The van der Waals surface area contributed by atoms with Crippen LogP contribution >= 0.6 is 0 Å². The van der Waals surface area contributed by atoms with E-state index in [1.807, 2.05) is 0 Å². The number of nitrogens with zero attached hydrogens (tertiary/aromatic N) is 3. The molecule has 0 aromatic carbocycles. The molecule has 0 bridgehead atoms. The van der Waals surface area contributed by atoms with Crippen LogP contribution in [0.4, 0.5) is 15.4 Å². The van der Waals surface area contributed by atoms with Crippen LogP contribution in [0, 0.1) is 0 Å². The predicted molar refractivity (Wildman–Crippen MR) is 83.8 cm³/mol. The van der Waals surface area contributed by atoms with E-state index in [-0.39, 0.29) is 18.9 Å². The zero-order valence-electron chi connectivity index (χ0n) is 14.5. The van der Waals surface area contributed by atoms with Gasteiger partial charge in [-0.25, -0.2) is 9.59 Å². The number of fused-ring (bicyclic) bond motifs is 1. The highest BCUT2D eigenvalue weighted by molar-refractivity contribution is 5.75. The first-order valence-corrected chi connectivity index (χ1v) is 7.45. The van der Waals surface area contributed by atoms with Crippen molar-refractivity contribution in [1.82, 2.24) is 14.7 Å². The fraction of sp³-hybridized carbons (Fsp3) is 0.667. The maximum atomic E-state index is 12.2. The minimum atomic E-state index is -0.645. The van der Waals surface area contributed by atoms with Crippen molar-refractivity contribution < 1.29 is 19.1 Å². The Hall–Kier alpha value is -2.25. The Labute approximate surface area is 135 Å². The van der Waals surface area contributed by atoms with Crippen molar-refractivity contribution >= 4 is 18.0 Å². The maximum Gasteiger partial charge on any atom is 0.435 e. The summed E-state index contributed by atoms with van der Waals surface area (Å²) in [5.74, 6) is 0.219. The molecule has 1 aliphatic rings. The first-order valence-electron chi connectivity index (χ1n) is 7.45. The average Bonchev–Trinajstić information content (AvgIpc) is 2.86. The van der Waals surface area contributed by atoms with Crippen LogP contribution in [0.25, 0.3) is 0 Å². The number of nitrogens with two attached hydrogens (primary N) is 1. The standard InChI is InChI=1S/C15H24N4O4/c1-14(2,3)22-12(20)18-7-9-10(8-18)19(17-11(9)16)13(21)23-15(4,5)6/h7-8H2,1-6H3,(H2,16,17). The van der Waals surface area contributed by atoms with Gasteiger partial charge in [0.15, 0.2) is 5.82 Å². The second kappa shape index (κ2) is 5.43. The summed E-state index contributed by atoms with van der Waals surface area (Å²) in [6, 6.07) is 0. The number of anilines is 1. The number of rotatable bonds is 0. The largest absolute Gasteiger partial charge is 0.444 e. The number of hydrogen-bond acceptors (Lipinski definition) is 6. The lowest BCUT2D eigenvalue weighted by molar-refractivity contribution is 0.0232. The molecular formula is C15H24N4O4. The third-order valence-corrected chi connectivity index (χ3v) is 3.03. The van der Waals surface area contributed by atoms with Gasteiger partial charge in [-0.3, -0.25) is 4.90 Å². The number of hydrogen-bond donors (Lipinski definition) is 1. The second-order valence-corrected chi connectivity index (χ2v) is 7.54. The maximum absolute atomic E-state index is 12.2. The van der Waals surface area contributed by atoms with E-state index >= 15 is 0 Å². The summed E-state index contributed by atoms with van der Waals surface area (Å²) in [4.78, 5) is 25.9. The lowest BCUT2D eigenvalue weighted by Gasteiger charge is -2.24. The molecule has 8 heteroatoms. The molecule has 1 amide bonds. The zero-order chi connectivity index (χ0) is 17.6. The Bertz CT molecular complexity index is 637. The van der Waals surface area contributed by atoms with Crippen LogP contribution in [0.15, 0.2) is 0 Å². The molecule has 2 N–H and O–H groups in total. The van der Waals surface area contributed by atoms with E-state index in [0.717, 1.165) is 4.68 Å². The molecule has 2 heterocycles. The topological polar surface area (TPSA) is 99.7 Å². The van der Waals surface area contributed by atoms with Gasteiger partial charge < -0.3 is 15.2 Å². The SMILES string of the molecule is CC(C)(C)OC(=O)N1Cc2c(N)nn(C(=O)OC(C)(C)C)c2C1. The fourth-order valence-electron chi connectivity index (χ4n) is 2.18. The molecule has 8 nitrogen and oxygen atoms in total. The minimum Gasteiger partial charge on any atom is -0.444 e. The van der Waals surface area contributed by atoms with Gasteiger partial charge in [-0.05, 0) is 41.5 Å². The number of carbonyl (C=O) groups is 2. The molecule has 0 atom stereocenters. The summed E-state index contributed by atoms with van der Waals surface area (Å²) in [7, 11) is 0. The Morgan fingerprint density at radius 2 is 1.52 bits per heavy atom. The van der Waals surface area contributed by atoms with Crippen molar-refractivity contribution in [2.75, 3.05) is 5.73 Å². The lowest BCUT2D eigenvalue weighted by atomic mass is 10.2. The Morgan fingerprint density at radius 1 is 1.00 bits per heavy atom. The Morgan fingerprint density at radius 3 is 2.04 bits per heavy atom. The van der Waals surface area contributed by atoms with E-state index in [1.54, 1.807) is 41.5 Å². The van der Waals surface area contributed by atoms with Gasteiger partial charge in [-0.1, -0.05) is 0 Å². The van der Waals surface area contributed by atoms with Gasteiger partial charge in [0.25, 0.3) is 0 Å². The van der Waals surface area contributed by atoms with Crippen LogP contribution in [0.5, 0.6) is 0 Å².